The Morgan fingerprint density at radius 3 is 1.84 bits per heavy atom. The fraction of sp³-hybridized carbons (Fsp3) is 0.920. The third kappa shape index (κ3) is 23.7. The Morgan fingerprint density at radius 2 is 1.26 bits per heavy atom. The zero-order valence-corrected chi connectivity index (χ0v) is 20.7. The van der Waals surface area contributed by atoms with Gasteiger partial charge in [0.15, 0.2) is 0 Å². The van der Waals surface area contributed by atoms with Gasteiger partial charge in [0.05, 0.1) is 25.1 Å². The van der Waals surface area contributed by atoms with E-state index in [0.29, 0.717) is 26.1 Å². The quantitative estimate of drug-likeness (QED) is 0.0790. The molecule has 1 atom stereocenters. The van der Waals surface area contributed by atoms with Gasteiger partial charge in [-0.3, -0.25) is 13.9 Å². The summed E-state index contributed by atoms with van der Waals surface area (Å²) >= 11 is 5.23. The maximum absolute atomic E-state index is 12.3. The lowest BCUT2D eigenvalue weighted by Gasteiger charge is -2.18. The van der Waals surface area contributed by atoms with Crippen molar-refractivity contribution >= 4 is 24.3 Å². The van der Waals surface area contributed by atoms with E-state index in [1.807, 2.05) is 0 Å². The van der Waals surface area contributed by atoms with Crippen LogP contribution >= 0.6 is 11.9 Å². The Hall–Kier alpha value is -0.810. The van der Waals surface area contributed by atoms with Crippen LogP contribution in [0.4, 0.5) is 0 Å². The summed E-state index contributed by atoms with van der Waals surface area (Å²) in [7, 11) is 0. The highest BCUT2D eigenvalue weighted by Gasteiger charge is 2.14. The fourth-order valence-corrected chi connectivity index (χ4v) is 3.86. The summed E-state index contributed by atoms with van der Waals surface area (Å²) in [4.78, 5) is 22.4. The second kappa shape index (κ2) is 25.5. The van der Waals surface area contributed by atoms with Crippen LogP contribution in [-0.4, -0.2) is 31.8 Å². The number of carbonyl (C=O) groups is 2. The number of unbranched alkanes of at least 4 members (excludes halogenated alkanes) is 13. The second-order valence-corrected chi connectivity index (χ2v) is 8.74. The number of ether oxygens (including phenoxy) is 2. The van der Waals surface area contributed by atoms with Gasteiger partial charge in [-0.1, -0.05) is 77.6 Å². The molecule has 0 spiro atoms. The van der Waals surface area contributed by atoms with Gasteiger partial charge in [0.25, 0.3) is 6.47 Å². The van der Waals surface area contributed by atoms with E-state index >= 15 is 0 Å². The van der Waals surface area contributed by atoms with Gasteiger partial charge in [0.1, 0.15) is 6.10 Å². The van der Waals surface area contributed by atoms with Crippen LogP contribution in [0.25, 0.3) is 0 Å². The van der Waals surface area contributed by atoms with Gasteiger partial charge in [-0.25, -0.2) is 0 Å². The van der Waals surface area contributed by atoms with Crippen LogP contribution in [0.15, 0.2) is 0 Å². The number of carbonyl (C=O) groups excluding carboxylic acids is 2. The van der Waals surface area contributed by atoms with Crippen LogP contribution in [-0.2, 0) is 23.4 Å². The normalized spacial score (nSPS) is 11.9. The molecule has 0 aliphatic carbocycles. The average molecular weight is 463 g/mol. The highest BCUT2D eigenvalue weighted by atomic mass is 35.5. The van der Waals surface area contributed by atoms with Gasteiger partial charge in [0.2, 0.25) is 0 Å². The molecule has 0 bridgehead atoms. The van der Waals surface area contributed by atoms with Crippen LogP contribution < -0.4 is 0 Å². The predicted octanol–water partition coefficient (Wildman–Crippen LogP) is 7.67. The first kappa shape index (κ1) is 30.2. The number of hydrogen-bond acceptors (Lipinski definition) is 5. The summed E-state index contributed by atoms with van der Waals surface area (Å²) < 4.78 is 15.1. The number of esters is 1. The number of halogens is 1. The van der Waals surface area contributed by atoms with Crippen molar-refractivity contribution in [3.05, 3.63) is 0 Å². The lowest BCUT2D eigenvalue weighted by Crippen LogP contribution is -2.18. The molecule has 1 unspecified atom stereocenters. The first-order valence-corrected chi connectivity index (χ1v) is 13.0. The minimum absolute atomic E-state index is 0.0421. The maximum Gasteiger partial charge on any atom is 0.306 e. The zero-order valence-electron chi connectivity index (χ0n) is 19.9. The molecular formula is C25H47ClO5. The molecule has 0 aromatic heterocycles. The van der Waals surface area contributed by atoms with E-state index in [1.54, 1.807) is 0 Å². The Labute approximate surface area is 196 Å². The number of rotatable bonds is 25. The third-order valence-corrected chi connectivity index (χ3v) is 5.79. The molecule has 0 radical (unpaired) electrons. The molecule has 0 saturated heterocycles. The van der Waals surface area contributed by atoms with Crippen molar-refractivity contribution in [1.29, 1.82) is 0 Å². The minimum atomic E-state index is -0.0421. The Morgan fingerprint density at radius 1 is 0.742 bits per heavy atom. The molecule has 0 aromatic rings. The lowest BCUT2D eigenvalue weighted by atomic mass is 10.0. The molecule has 5 nitrogen and oxygen atoms in total. The van der Waals surface area contributed by atoms with E-state index in [9.17, 15) is 9.59 Å². The largest absolute Gasteiger partial charge is 0.468 e. The first-order valence-electron chi connectivity index (χ1n) is 12.7. The minimum Gasteiger partial charge on any atom is -0.468 e. The van der Waals surface area contributed by atoms with E-state index in [2.05, 4.69) is 15.9 Å². The van der Waals surface area contributed by atoms with Crippen molar-refractivity contribution < 1.29 is 23.4 Å². The Bertz CT molecular complexity index is 392. The van der Waals surface area contributed by atoms with Crippen LogP contribution in [0.5, 0.6) is 0 Å². The van der Waals surface area contributed by atoms with Crippen molar-refractivity contribution in [3.63, 3.8) is 0 Å². The molecule has 0 fully saturated rings. The highest BCUT2D eigenvalue weighted by Crippen LogP contribution is 2.18. The predicted molar refractivity (Wildman–Crippen MR) is 127 cm³/mol. The van der Waals surface area contributed by atoms with Gasteiger partial charge in [0, 0.05) is 6.42 Å². The average Bonchev–Trinajstić information content (AvgIpc) is 2.77. The molecule has 184 valence electrons. The summed E-state index contributed by atoms with van der Waals surface area (Å²) in [6.07, 6.45) is 20.6. The summed E-state index contributed by atoms with van der Waals surface area (Å²) in [5, 5.41) is 0. The van der Waals surface area contributed by atoms with Crippen LogP contribution in [0, 0.1) is 0 Å². The van der Waals surface area contributed by atoms with E-state index in [4.69, 9.17) is 16.6 Å². The smallest absolute Gasteiger partial charge is 0.306 e. The molecule has 0 aliphatic rings. The maximum atomic E-state index is 12.3. The molecule has 0 N–H and O–H groups in total. The molecule has 0 aromatic carbocycles. The van der Waals surface area contributed by atoms with Crippen LogP contribution in [0.3, 0.4) is 0 Å². The fourth-order valence-electron chi connectivity index (χ4n) is 3.75. The van der Waals surface area contributed by atoms with Crippen LogP contribution in [0.1, 0.15) is 129 Å². The van der Waals surface area contributed by atoms with Crippen molar-refractivity contribution in [1.82, 2.24) is 0 Å². The van der Waals surface area contributed by atoms with Gasteiger partial charge < -0.3 is 9.47 Å². The highest BCUT2D eigenvalue weighted by molar-refractivity contribution is 6.07. The summed E-state index contributed by atoms with van der Waals surface area (Å²) in [5.74, 6) is -0.0421. The first-order chi connectivity index (χ1) is 15.2. The summed E-state index contributed by atoms with van der Waals surface area (Å²) in [6.45, 7) is 3.84. The lowest BCUT2D eigenvalue weighted by molar-refractivity contribution is -0.150. The van der Waals surface area contributed by atoms with Crippen LogP contribution in [0.2, 0.25) is 0 Å². The molecule has 0 saturated carbocycles. The van der Waals surface area contributed by atoms with E-state index < -0.39 is 0 Å². The molecule has 31 heavy (non-hydrogen) atoms. The van der Waals surface area contributed by atoms with E-state index in [0.717, 1.165) is 70.6 Å². The molecular weight excluding hydrogens is 416 g/mol. The zero-order chi connectivity index (χ0) is 22.8. The third-order valence-electron chi connectivity index (χ3n) is 5.64. The molecule has 0 aliphatic heterocycles. The van der Waals surface area contributed by atoms with Gasteiger partial charge in [-0.05, 0) is 44.9 Å². The molecule has 0 heterocycles. The molecule has 6 heteroatoms. The van der Waals surface area contributed by atoms with Gasteiger partial charge >= 0.3 is 5.97 Å². The van der Waals surface area contributed by atoms with Crippen molar-refractivity contribution in [2.24, 2.45) is 0 Å². The standard InChI is InChI=1S/C25H47ClO5/c1-2-3-4-5-8-13-18-24(19-14-9-6-12-17-22-30-26)31-25(28)20-15-10-7-11-16-21-29-23-27/h23-24H,2-22H2,1H3. The summed E-state index contributed by atoms with van der Waals surface area (Å²) in [5.41, 5.74) is 0. The van der Waals surface area contributed by atoms with Gasteiger partial charge in [-0.2, -0.15) is 0 Å². The van der Waals surface area contributed by atoms with Crippen molar-refractivity contribution in [2.45, 2.75) is 135 Å². The van der Waals surface area contributed by atoms with Crippen molar-refractivity contribution in [2.75, 3.05) is 13.2 Å². The Balaban J connectivity index is 3.99. The summed E-state index contributed by atoms with van der Waals surface area (Å²) in [6, 6.07) is 0. The monoisotopic (exact) mass is 462 g/mol. The molecule has 0 amide bonds. The Kier molecular flexibility index (Phi) is 24.8. The van der Waals surface area contributed by atoms with Crippen molar-refractivity contribution in [3.8, 4) is 0 Å². The van der Waals surface area contributed by atoms with E-state index in [-0.39, 0.29) is 12.1 Å². The number of hydrogen-bond donors (Lipinski definition) is 0. The van der Waals surface area contributed by atoms with Gasteiger partial charge in [-0.15, -0.1) is 0 Å². The SMILES string of the molecule is CCCCCCCCC(CCCCCCCOCl)OC(=O)CCCCCCCOC=O. The topological polar surface area (TPSA) is 61.8 Å². The second-order valence-electron chi connectivity index (χ2n) is 8.52. The molecule has 0 rings (SSSR count). The van der Waals surface area contributed by atoms with E-state index in [1.165, 1.54) is 44.9 Å².